The monoisotopic (exact) mass is 230 g/mol. The number of aromatic nitrogens is 1. The Hall–Kier alpha value is -0.930. The molecule has 1 heterocycles. The van der Waals surface area contributed by atoms with Crippen molar-refractivity contribution in [2.75, 3.05) is 0 Å². The summed E-state index contributed by atoms with van der Waals surface area (Å²) in [5.74, 6) is 0.758. The van der Waals surface area contributed by atoms with Gasteiger partial charge < -0.3 is 5.73 Å². The van der Waals surface area contributed by atoms with Gasteiger partial charge in [-0.3, -0.25) is 0 Å². The molecule has 0 atom stereocenters. The summed E-state index contributed by atoms with van der Waals surface area (Å²) in [5, 5.41) is 1.33. The first-order valence-electron chi connectivity index (χ1n) is 5.94. The Labute approximate surface area is 98.5 Å². The van der Waals surface area contributed by atoms with E-state index in [-0.39, 0.29) is 5.54 Å². The minimum atomic E-state index is -0.0302. The molecule has 2 aliphatic rings. The lowest BCUT2D eigenvalue weighted by molar-refractivity contribution is 0.741. The molecule has 16 heavy (non-hydrogen) atoms. The Morgan fingerprint density at radius 2 is 2.12 bits per heavy atom. The van der Waals surface area contributed by atoms with E-state index >= 15 is 0 Å². The molecule has 0 radical (unpaired) electrons. The van der Waals surface area contributed by atoms with Crippen LogP contribution in [0.25, 0.3) is 10.2 Å². The maximum atomic E-state index is 6.21. The first kappa shape index (κ1) is 9.14. The Morgan fingerprint density at radius 3 is 2.81 bits per heavy atom. The van der Waals surface area contributed by atoms with Gasteiger partial charge in [-0.05, 0) is 43.4 Å². The highest BCUT2D eigenvalue weighted by Crippen LogP contribution is 2.46. The highest BCUT2D eigenvalue weighted by atomic mass is 32.1. The number of rotatable bonds is 2. The van der Waals surface area contributed by atoms with Crippen molar-refractivity contribution in [2.24, 2.45) is 5.73 Å². The molecular weight excluding hydrogens is 216 g/mol. The molecule has 82 valence electrons. The molecule has 0 saturated heterocycles. The van der Waals surface area contributed by atoms with Gasteiger partial charge in [0.25, 0.3) is 0 Å². The zero-order valence-electron chi connectivity index (χ0n) is 9.07. The lowest BCUT2D eigenvalue weighted by atomic mass is 10.1. The van der Waals surface area contributed by atoms with Crippen molar-refractivity contribution in [3.05, 3.63) is 28.8 Å². The minimum absolute atomic E-state index is 0.0302. The normalized spacial score (nSPS) is 22.6. The number of hydrogen-bond donors (Lipinski definition) is 1. The third kappa shape index (κ3) is 1.31. The molecule has 0 unspecified atom stereocenters. The van der Waals surface area contributed by atoms with Crippen molar-refractivity contribution in [1.82, 2.24) is 4.98 Å². The Bertz CT molecular complexity index is 564. The van der Waals surface area contributed by atoms with Crippen LogP contribution in [-0.4, -0.2) is 4.98 Å². The Balaban J connectivity index is 1.84. The molecule has 2 saturated carbocycles. The fraction of sp³-hybridized carbons (Fsp3) is 0.462. The molecule has 2 aromatic rings. The van der Waals surface area contributed by atoms with Gasteiger partial charge in [-0.15, -0.1) is 11.3 Å². The third-order valence-electron chi connectivity index (χ3n) is 3.69. The van der Waals surface area contributed by atoms with E-state index in [1.54, 1.807) is 0 Å². The summed E-state index contributed by atoms with van der Waals surface area (Å²) in [6.07, 6.45) is 4.90. The van der Waals surface area contributed by atoms with Gasteiger partial charge in [0.2, 0.25) is 0 Å². The zero-order valence-corrected chi connectivity index (χ0v) is 9.89. The van der Waals surface area contributed by atoms with Gasteiger partial charge in [0.1, 0.15) is 0 Å². The molecule has 0 bridgehead atoms. The standard InChI is InChI=1S/C13H14N2S/c14-13(5-6-13)9-3-4-11-10(7-9)15-12(16-11)8-1-2-8/h3-4,7-8H,1-2,5-6,14H2. The molecule has 2 N–H and O–H groups in total. The van der Waals surface area contributed by atoms with E-state index in [1.165, 1.54) is 28.1 Å². The summed E-state index contributed by atoms with van der Waals surface area (Å²) in [4.78, 5) is 4.74. The summed E-state index contributed by atoms with van der Waals surface area (Å²) < 4.78 is 1.31. The minimum Gasteiger partial charge on any atom is -0.321 e. The lowest BCUT2D eigenvalue weighted by Crippen LogP contribution is -2.18. The van der Waals surface area contributed by atoms with E-state index in [4.69, 9.17) is 10.7 Å². The van der Waals surface area contributed by atoms with Gasteiger partial charge in [0.05, 0.1) is 15.2 Å². The molecule has 0 amide bonds. The largest absolute Gasteiger partial charge is 0.321 e. The van der Waals surface area contributed by atoms with E-state index in [1.807, 2.05) is 11.3 Å². The maximum Gasteiger partial charge on any atom is 0.0969 e. The first-order chi connectivity index (χ1) is 7.74. The second-order valence-corrected chi connectivity index (χ2v) is 6.23. The van der Waals surface area contributed by atoms with Crippen LogP contribution in [0.15, 0.2) is 18.2 Å². The predicted octanol–water partition coefficient (Wildman–Crippen LogP) is 3.12. The van der Waals surface area contributed by atoms with Crippen molar-refractivity contribution in [2.45, 2.75) is 37.1 Å². The summed E-state index contributed by atoms with van der Waals surface area (Å²) in [6, 6.07) is 6.58. The van der Waals surface area contributed by atoms with E-state index in [0.717, 1.165) is 24.3 Å². The van der Waals surface area contributed by atoms with Gasteiger partial charge >= 0.3 is 0 Å². The number of nitrogens with zero attached hydrogens (tertiary/aromatic N) is 1. The number of nitrogens with two attached hydrogens (primary N) is 1. The quantitative estimate of drug-likeness (QED) is 0.861. The van der Waals surface area contributed by atoms with Gasteiger partial charge in [-0.25, -0.2) is 4.98 Å². The molecule has 0 spiro atoms. The van der Waals surface area contributed by atoms with Crippen LogP contribution in [0, 0.1) is 0 Å². The first-order valence-corrected chi connectivity index (χ1v) is 6.76. The number of hydrogen-bond acceptors (Lipinski definition) is 3. The van der Waals surface area contributed by atoms with Gasteiger partial charge in [-0.2, -0.15) is 0 Å². The number of fused-ring (bicyclic) bond motifs is 1. The smallest absolute Gasteiger partial charge is 0.0969 e. The average Bonchev–Trinajstić information content (AvgIpc) is 3.19. The SMILES string of the molecule is NC1(c2ccc3sc(C4CC4)nc3c2)CC1. The van der Waals surface area contributed by atoms with Crippen LogP contribution in [-0.2, 0) is 5.54 Å². The van der Waals surface area contributed by atoms with Crippen LogP contribution < -0.4 is 5.73 Å². The molecule has 1 aromatic carbocycles. The van der Waals surface area contributed by atoms with Crippen LogP contribution in [0.2, 0.25) is 0 Å². The van der Waals surface area contributed by atoms with Gasteiger partial charge in [0, 0.05) is 11.5 Å². The van der Waals surface area contributed by atoms with Crippen LogP contribution in [0.4, 0.5) is 0 Å². The van der Waals surface area contributed by atoms with Crippen molar-refractivity contribution in [3.63, 3.8) is 0 Å². The predicted molar refractivity (Wildman–Crippen MR) is 66.7 cm³/mol. The number of thiazole rings is 1. The maximum absolute atomic E-state index is 6.21. The van der Waals surface area contributed by atoms with E-state index in [2.05, 4.69) is 18.2 Å². The molecule has 3 heteroatoms. The second kappa shape index (κ2) is 2.84. The lowest BCUT2D eigenvalue weighted by Gasteiger charge is -2.07. The van der Waals surface area contributed by atoms with Gasteiger partial charge in [0.15, 0.2) is 0 Å². The van der Waals surface area contributed by atoms with Gasteiger partial charge in [-0.1, -0.05) is 6.07 Å². The molecule has 2 nitrogen and oxygen atoms in total. The van der Waals surface area contributed by atoms with Crippen molar-refractivity contribution >= 4 is 21.6 Å². The van der Waals surface area contributed by atoms with E-state index in [0.29, 0.717) is 0 Å². The molecule has 2 fully saturated rings. The third-order valence-corrected chi connectivity index (χ3v) is 4.89. The Kier molecular flexibility index (Phi) is 1.62. The summed E-state index contributed by atoms with van der Waals surface area (Å²) in [5.41, 5.74) is 8.61. The molecule has 0 aliphatic heterocycles. The fourth-order valence-electron chi connectivity index (χ4n) is 2.18. The Morgan fingerprint density at radius 1 is 1.31 bits per heavy atom. The molecular formula is C13H14N2S. The average molecular weight is 230 g/mol. The van der Waals surface area contributed by atoms with Crippen molar-refractivity contribution in [1.29, 1.82) is 0 Å². The molecule has 4 rings (SSSR count). The van der Waals surface area contributed by atoms with Crippen LogP contribution in [0.1, 0.15) is 42.2 Å². The summed E-state index contributed by atoms with van der Waals surface area (Å²) in [7, 11) is 0. The number of benzene rings is 1. The second-order valence-electron chi connectivity index (χ2n) is 5.17. The topological polar surface area (TPSA) is 38.9 Å². The molecule has 2 aliphatic carbocycles. The van der Waals surface area contributed by atoms with Crippen LogP contribution >= 0.6 is 11.3 Å². The van der Waals surface area contributed by atoms with Crippen LogP contribution in [0.3, 0.4) is 0 Å². The van der Waals surface area contributed by atoms with Crippen LogP contribution in [0.5, 0.6) is 0 Å². The van der Waals surface area contributed by atoms with Crippen molar-refractivity contribution in [3.8, 4) is 0 Å². The van der Waals surface area contributed by atoms with E-state index in [9.17, 15) is 0 Å². The van der Waals surface area contributed by atoms with Crippen molar-refractivity contribution < 1.29 is 0 Å². The highest BCUT2D eigenvalue weighted by Gasteiger charge is 2.40. The summed E-state index contributed by atoms with van der Waals surface area (Å²) in [6.45, 7) is 0. The highest BCUT2D eigenvalue weighted by molar-refractivity contribution is 7.18. The zero-order chi connectivity index (χ0) is 10.8. The fourth-order valence-corrected chi connectivity index (χ4v) is 3.30. The molecule has 1 aromatic heterocycles. The summed E-state index contributed by atoms with van der Waals surface area (Å²) >= 11 is 1.86. The van der Waals surface area contributed by atoms with E-state index < -0.39 is 0 Å².